The molecule has 0 amide bonds. The Morgan fingerprint density at radius 2 is 2.26 bits per heavy atom. The molecule has 0 bridgehead atoms. The molecular formula is C14H14FN3S. The maximum absolute atomic E-state index is 13.0. The standard InChI is InChI=1S/C14H14FN3S/c1-9(5-8-11-3-2-4-12(15)16-11)14-13(10-6-7-10)17-18-19-14/h2-4,10H,1,5-8H2. The lowest BCUT2D eigenvalue weighted by Crippen LogP contribution is -1.94. The van der Waals surface area contributed by atoms with Gasteiger partial charge in [0.15, 0.2) is 0 Å². The van der Waals surface area contributed by atoms with Gasteiger partial charge in [0.25, 0.3) is 0 Å². The lowest BCUT2D eigenvalue weighted by atomic mass is 10.1. The molecule has 0 radical (unpaired) electrons. The number of hydrogen-bond donors (Lipinski definition) is 0. The number of halogens is 1. The van der Waals surface area contributed by atoms with Crippen LogP contribution in [0, 0.1) is 5.95 Å². The summed E-state index contributed by atoms with van der Waals surface area (Å²) in [4.78, 5) is 4.97. The van der Waals surface area contributed by atoms with Crippen LogP contribution >= 0.6 is 11.5 Å². The number of pyridine rings is 1. The summed E-state index contributed by atoms with van der Waals surface area (Å²) in [6.07, 6.45) is 3.87. The summed E-state index contributed by atoms with van der Waals surface area (Å²) in [5.41, 5.74) is 2.89. The molecule has 0 atom stereocenters. The van der Waals surface area contributed by atoms with Crippen molar-refractivity contribution in [1.82, 2.24) is 14.6 Å². The molecule has 3 nitrogen and oxygen atoms in total. The number of aromatic nitrogens is 3. The van der Waals surface area contributed by atoms with Gasteiger partial charge >= 0.3 is 0 Å². The van der Waals surface area contributed by atoms with Crippen LogP contribution in [-0.4, -0.2) is 14.6 Å². The first-order valence-electron chi connectivity index (χ1n) is 6.36. The van der Waals surface area contributed by atoms with E-state index in [4.69, 9.17) is 0 Å². The molecule has 0 N–H and O–H groups in total. The predicted octanol–water partition coefficient (Wildman–Crippen LogP) is 3.60. The van der Waals surface area contributed by atoms with Crippen LogP contribution in [0.4, 0.5) is 4.39 Å². The molecule has 5 heteroatoms. The number of aryl methyl sites for hydroxylation is 1. The second-order valence-electron chi connectivity index (χ2n) is 4.82. The van der Waals surface area contributed by atoms with Gasteiger partial charge < -0.3 is 0 Å². The summed E-state index contributed by atoms with van der Waals surface area (Å²) < 4.78 is 17.0. The SMILES string of the molecule is C=C(CCc1cccc(F)n1)c1snnc1C1CC1. The van der Waals surface area contributed by atoms with E-state index in [1.165, 1.54) is 30.4 Å². The van der Waals surface area contributed by atoms with E-state index in [9.17, 15) is 4.39 Å². The number of hydrogen-bond acceptors (Lipinski definition) is 4. The molecule has 0 spiro atoms. The summed E-state index contributed by atoms with van der Waals surface area (Å²) >= 11 is 1.41. The average Bonchev–Trinajstić information content (AvgIpc) is 3.13. The summed E-state index contributed by atoms with van der Waals surface area (Å²) in [5, 5.41) is 4.20. The third-order valence-electron chi connectivity index (χ3n) is 3.25. The first-order chi connectivity index (χ1) is 9.24. The van der Waals surface area contributed by atoms with E-state index in [-0.39, 0.29) is 0 Å². The van der Waals surface area contributed by atoms with Crippen molar-refractivity contribution in [3.05, 3.63) is 47.0 Å². The fourth-order valence-electron chi connectivity index (χ4n) is 2.05. The molecule has 1 fully saturated rings. The maximum Gasteiger partial charge on any atom is 0.213 e. The van der Waals surface area contributed by atoms with Crippen LogP contribution in [0.1, 0.15) is 41.4 Å². The summed E-state index contributed by atoms with van der Waals surface area (Å²) in [6, 6.07) is 4.88. The Hall–Kier alpha value is -1.62. The molecule has 0 aromatic carbocycles. The van der Waals surface area contributed by atoms with Crippen molar-refractivity contribution in [3.8, 4) is 0 Å². The smallest absolute Gasteiger partial charge is 0.213 e. The monoisotopic (exact) mass is 275 g/mol. The van der Waals surface area contributed by atoms with E-state index in [2.05, 4.69) is 21.1 Å². The molecular weight excluding hydrogens is 261 g/mol. The van der Waals surface area contributed by atoms with E-state index in [1.807, 2.05) is 6.07 Å². The van der Waals surface area contributed by atoms with Crippen LogP contribution in [0.5, 0.6) is 0 Å². The zero-order valence-electron chi connectivity index (χ0n) is 10.5. The molecule has 1 aliphatic rings. The Kier molecular flexibility index (Phi) is 3.38. The fraction of sp³-hybridized carbons (Fsp3) is 0.357. The third kappa shape index (κ3) is 2.87. The van der Waals surface area contributed by atoms with Crippen LogP contribution in [0.25, 0.3) is 5.57 Å². The molecule has 0 aliphatic heterocycles. The van der Waals surface area contributed by atoms with Gasteiger partial charge in [0.05, 0.1) is 10.6 Å². The second kappa shape index (κ2) is 5.17. The van der Waals surface area contributed by atoms with Gasteiger partial charge in [0.2, 0.25) is 5.95 Å². The van der Waals surface area contributed by atoms with Crippen molar-refractivity contribution in [3.63, 3.8) is 0 Å². The minimum absolute atomic E-state index is 0.429. The van der Waals surface area contributed by atoms with Crippen molar-refractivity contribution in [1.29, 1.82) is 0 Å². The molecule has 1 saturated carbocycles. The highest BCUT2D eigenvalue weighted by atomic mass is 32.1. The third-order valence-corrected chi connectivity index (χ3v) is 4.10. The second-order valence-corrected chi connectivity index (χ2v) is 5.57. The summed E-state index contributed by atoms with van der Waals surface area (Å²) in [7, 11) is 0. The molecule has 98 valence electrons. The topological polar surface area (TPSA) is 38.7 Å². The normalized spacial score (nSPS) is 14.6. The zero-order valence-corrected chi connectivity index (χ0v) is 11.3. The Morgan fingerprint density at radius 1 is 1.42 bits per heavy atom. The number of rotatable bonds is 5. The van der Waals surface area contributed by atoms with Gasteiger partial charge in [0, 0.05) is 11.6 Å². The van der Waals surface area contributed by atoms with Crippen molar-refractivity contribution >= 4 is 17.1 Å². The predicted molar refractivity (Wildman–Crippen MR) is 73.4 cm³/mol. The van der Waals surface area contributed by atoms with Crippen molar-refractivity contribution in [2.45, 2.75) is 31.6 Å². The van der Waals surface area contributed by atoms with Gasteiger partial charge in [-0.1, -0.05) is 17.1 Å². The fourth-order valence-corrected chi connectivity index (χ4v) is 2.79. The first kappa shape index (κ1) is 12.4. The van der Waals surface area contributed by atoms with Gasteiger partial charge in [-0.25, -0.2) is 4.98 Å². The van der Waals surface area contributed by atoms with E-state index < -0.39 is 5.95 Å². The van der Waals surface area contributed by atoms with Crippen molar-refractivity contribution < 1.29 is 4.39 Å². The van der Waals surface area contributed by atoms with Crippen LogP contribution in [0.2, 0.25) is 0 Å². The minimum atomic E-state index is -0.429. The zero-order chi connectivity index (χ0) is 13.2. The Labute approximate surface area is 115 Å². The molecule has 2 aromatic rings. The Bertz CT molecular complexity index is 604. The number of nitrogens with zero attached hydrogens (tertiary/aromatic N) is 3. The first-order valence-corrected chi connectivity index (χ1v) is 7.13. The van der Waals surface area contributed by atoms with Gasteiger partial charge in [-0.05, 0) is 54.9 Å². The molecule has 1 aliphatic carbocycles. The summed E-state index contributed by atoms with van der Waals surface area (Å²) in [6.45, 7) is 4.11. The van der Waals surface area contributed by atoms with Gasteiger partial charge in [-0.2, -0.15) is 4.39 Å². The van der Waals surface area contributed by atoms with E-state index in [0.717, 1.165) is 28.3 Å². The van der Waals surface area contributed by atoms with Crippen LogP contribution < -0.4 is 0 Å². The molecule has 0 saturated heterocycles. The average molecular weight is 275 g/mol. The number of allylic oxidation sites excluding steroid dienone is 1. The van der Waals surface area contributed by atoms with Crippen LogP contribution in [0.15, 0.2) is 24.8 Å². The molecule has 2 heterocycles. The van der Waals surface area contributed by atoms with Crippen molar-refractivity contribution in [2.24, 2.45) is 0 Å². The van der Waals surface area contributed by atoms with E-state index in [0.29, 0.717) is 12.3 Å². The molecule has 19 heavy (non-hydrogen) atoms. The van der Waals surface area contributed by atoms with Crippen molar-refractivity contribution in [2.75, 3.05) is 0 Å². The molecule has 2 aromatic heterocycles. The van der Waals surface area contributed by atoms with Gasteiger partial charge in [-0.15, -0.1) is 5.10 Å². The van der Waals surface area contributed by atoms with Crippen LogP contribution in [0.3, 0.4) is 0 Å². The van der Waals surface area contributed by atoms with Crippen LogP contribution in [-0.2, 0) is 6.42 Å². The molecule has 3 rings (SSSR count). The highest BCUT2D eigenvalue weighted by Gasteiger charge is 2.29. The highest BCUT2D eigenvalue weighted by molar-refractivity contribution is 7.06. The minimum Gasteiger partial charge on any atom is -0.225 e. The lowest BCUT2D eigenvalue weighted by molar-refractivity contribution is 0.576. The molecule has 0 unspecified atom stereocenters. The lowest BCUT2D eigenvalue weighted by Gasteiger charge is -2.04. The Morgan fingerprint density at radius 3 is 3.00 bits per heavy atom. The van der Waals surface area contributed by atoms with E-state index >= 15 is 0 Å². The highest BCUT2D eigenvalue weighted by Crippen LogP contribution is 2.43. The Balaban J connectivity index is 1.66. The summed E-state index contributed by atoms with van der Waals surface area (Å²) in [5.74, 6) is 0.152. The quantitative estimate of drug-likeness (QED) is 0.783. The van der Waals surface area contributed by atoms with Gasteiger partial charge in [-0.3, -0.25) is 0 Å². The maximum atomic E-state index is 13.0. The largest absolute Gasteiger partial charge is 0.225 e. The van der Waals surface area contributed by atoms with E-state index in [1.54, 1.807) is 6.07 Å². The van der Waals surface area contributed by atoms with Gasteiger partial charge in [0.1, 0.15) is 0 Å².